The topological polar surface area (TPSA) is 96.2 Å². The first-order valence-corrected chi connectivity index (χ1v) is 30.1. The molecule has 17 atom stereocenters. The van der Waals surface area contributed by atoms with E-state index in [2.05, 4.69) is 94.1 Å². The van der Waals surface area contributed by atoms with Crippen LogP contribution in [-0.2, 0) is 38.9 Å². The molecule has 0 radical (unpaired) electrons. The number of ether oxygens (including phenoxy) is 2. The minimum atomic E-state index is -1.39. The summed E-state index contributed by atoms with van der Waals surface area (Å²) in [6.45, 7) is 10.6. The van der Waals surface area contributed by atoms with Crippen molar-refractivity contribution < 1.29 is 29.6 Å². The van der Waals surface area contributed by atoms with Crippen LogP contribution in [0.25, 0.3) is 10.8 Å². The van der Waals surface area contributed by atoms with Crippen molar-refractivity contribution >= 4 is 16.7 Å². The molecule has 0 amide bonds. The molecule has 390 valence electrons. The van der Waals surface area contributed by atoms with Gasteiger partial charge in [0.25, 0.3) is 0 Å². The van der Waals surface area contributed by atoms with Crippen molar-refractivity contribution in [3.63, 3.8) is 0 Å². The Hall–Kier alpha value is -3.21. The fourth-order valence-electron chi connectivity index (χ4n) is 23.8. The molecule has 3 N–H and O–H groups in total. The number of aliphatic hydroxyl groups excluding tert-OH is 1. The Morgan fingerprint density at radius 3 is 2.40 bits per heavy atom. The highest BCUT2D eigenvalue weighted by molar-refractivity contribution is 5.94. The Bertz CT molecular complexity index is 2800. The average Bonchev–Trinajstić information content (AvgIpc) is 3.66. The van der Waals surface area contributed by atoms with Crippen LogP contribution in [0.2, 0.25) is 0 Å². The van der Waals surface area contributed by atoms with E-state index < -0.39 is 39.5 Å². The fraction of sp³-hybridized carbons (Fsp3) is 0.716. The second-order valence-electron chi connectivity index (χ2n) is 28.4. The lowest BCUT2D eigenvalue weighted by atomic mass is 9.15. The van der Waals surface area contributed by atoms with Crippen molar-refractivity contribution in [2.75, 3.05) is 13.7 Å². The predicted octanol–water partition coefficient (Wildman–Crippen LogP) is 13.7. The number of aliphatic hydroxyl groups is 2. The van der Waals surface area contributed by atoms with E-state index in [0.717, 1.165) is 95.8 Å². The predicted molar refractivity (Wildman–Crippen MR) is 287 cm³/mol. The lowest BCUT2D eigenvalue weighted by Gasteiger charge is -2.88. The molecule has 7 bridgehead atoms. The third-order valence-corrected chi connectivity index (χ3v) is 26.2. The first-order valence-electron chi connectivity index (χ1n) is 30.1. The van der Waals surface area contributed by atoms with Crippen LogP contribution in [0.4, 0.5) is 0 Å². The molecule has 0 aromatic heterocycles. The van der Waals surface area contributed by atoms with Gasteiger partial charge in [-0.25, -0.2) is 0 Å². The lowest BCUT2D eigenvalue weighted by Crippen LogP contribution is -2.85. The number of carbonyl (C=O) groups is 1. The lowest BCUT2D eigenvalue weighted by molar-refractivity contribution is -0.367. The van der Waals surface area contributed by atoms with E-state index in [1.807, 2.05) is 0 Å². The summed E-state index contributed by atoms with van der Waals surface area (Å²) in [5.74, 6) is 8.37. The highest BCUT2D eigenvalue weighted by Crippen LogP contribution is 2.93. The number of hydrogen-bond acceptors (Lipinski definition) is 5. The Balaban J connectivity index is 1.04. The summed E-state index contributed by atoms with van der Waals surface area (Å²) in [5.41, 5.74) is 4.26. The van der Waals surface area contributed by atoms with E-state index in [4.69, 9.17) is 9.47 Å². The van der Waals surface area contributed by atoms with Crippen LogP contribution in [0.15, 0.2) is 54.6 Å². The summed E-state index contributed by atoms with van der Waals surface area (Å²) in [6, 6.07) is 21.1. The molecule has 73 heavy (non-hydrogen) atoms. The minimum absolute atomic E-state index is 0.00924. The van der Waals surface area contributed by atoms with E-state index in [0.29, 0.717) is 18.9 Å². The zero-order valence-electron chi connectivity index (χ0n) is 45.1. The largest absolute Gasteiger partial charge is 0.481 e. The van der Waals surface area contributed by atoms with Gasteiger partial charge in [-0.05, 0) is 193 Å². The number of fused-ring (bicyclic) bond motifs is 4. The molecule has 8 fully saturated rings. The third-order valence-electron chi connectivity index (χ3n) is 26.2. The molecule has 7 saturated carbocycles. The van der Waals surface area contributed by atoms with Gasteiger partial charge in [0, 0.05) is 48.0 Å². The Kier molecular flexibility index (Phi) is 10.7. The number of methoxy groups -OCH3 is 1. The molecule has 1 aliphatic heterocycles. The maximum Gasteiger partial charge on any atom is 0.309 e. The van der Waals surface area contributed by atoms with Gasteiger partial charge in [0.05, 0.1) is 24.2 Å². The second kappa shape index (κ2) is 16.2. The number of carboxylic acids is 1. The quantitative estimate of drug-likeness (QED) is 0.166. The zero-order valence-corrected chi connectivity index (χ0v) is 45.1. The second-order valence-corrected chi connectivity index (χ2v) is 28.4. The van der Waals surface area contributed by atoms with Gasteiger partial charge in [-0.1, -0.05) is 126 Å². The summed E-state index contributed by atoms with van der Waals surface area (Å²) in [5, 5.41) is 41.6. The molecule has 6 nitrogen and oxygen atoms in total. The molecule has 11 aliphatic rings. The van der Waals surface area contributed by atoms with Crippen LogP contribution in [0.5, 0.6) is 0 Å². The van der Waals surface area contributed by atoms with Crippen LogP contribution in [-0.4, -0.2) is 53.0 Å². The number of hydrogen-bond donors (Lipinski definition) is 3. The number of benzene rings is 3. The first kappa shape index (κ1) is 48.2. The van der Waals surface area contributed by atoms with E-state index in [-0.39, 0.29) is 63.8 Å². The molecule has 14 rings (SSSR count). The van der Waals surface area contributed by atoms with Gasteiger partial charge >= 0.3 is 5.97 Å². The van der Waals surface area contributed by atoms with Gasteiger partial charge in [0.1, 0.15) is 0 Å². The molecule has 1 heterocycles. The van der Waals surface area contributed by atoms with Gasteiger partial charge in [-0.15, -0.1) is 5.92 Å². The summed E-state index contributed by atoms with van der Waals surface area (Å²) in [4.78, 5) is 14.5. The number of aliphatic carboxylic acids is 1. The van der Waals surface area contributed by atoms with Crippen LogP contribution in [0, 0.1) is 85.3 Å². The van der Waals surface area contributed by atoms with Gasteiger partial charge < -0.3 is 24.8 Å². The maximum absolute atomic E-state index is 14.5. The summed E-state index contributed by atoms with van der Waals surface area (Å²) < 4.78 is 12.8. The zero-order chi connectivity index (χ0) is 50.2. The van der Waals surface area contributed by atoms with Crippen molar-refractivity contribution in [1.82, 2.24) is 0 Å². The SMILES string of the molecule is CCCC1C2(O)CC(O)C3C1(CCC14C#CCC(CCC5CCCCC5)CCC56C7C(C8CC59CC31Cc1ccc3cccc8c3c19)C(C)(C(=O)O)CCC7(C)CCC46C)C(Cc1ccc(CCOC)cc1)O2. The molecule has 1 saturated heterocycles. The van der Waals surface area contributed by atoms with E-state index in [1.165, 1.54) is 84.4 Å². The first-order chi connectivity index (χ1) is 35.1. The van der Waals surface area contributed by atoms with E-state index >= 15 is 0 Å². The van der Waals surface area contributed by atoms with Crippen molar-refractivity contribution in [2.45, 2.75) is 211 Å². The monoisotopic (exact) mass is 987 g/mol. The van der Waals surface area contributed by atoms with Crippen LogP contribution in [0.1, 0.15) is 196 Å². The van der Waals surface area contributed by atoms with Gasteiger partial charge in [0.2, 0.25) is 0 Å². The van der Waals surface area contributed by atoms with Crippen molar-refractivity contribution in [3.8, 4) is 11.8 Å². The normalized spacial score (nSPS) is 47.3. The Morgan fingerprint density at radius 1 is 0.836 bits per heavy atom. The fourth-order valence-corrected chi connectivity index (χ4v) is 23.8. The molecule has 17 unspecified atom stereocenters. The Morgan fingerprint density at radius 2 is 1.62 bits per heavy atom. The number of rotatable bonds is 11. The third kappa shape index (κ3) is 5.81. The standard InChI is InChI=1S/C67H86O6/c1-6-12-51-65-35-34-64-28-11-15-43(19-18-42-13-8-7-9-14-42)26-29-66-57-55(60(3,58(69)70)32-30-59(57,2)31-33-61(64,66)4)49-39-62(66)41-63(64,38-47-25-24-46-16-10-17-48(49)53(46)54(47)62)56(65)50(68)40-67(51,71)73-52(65)37-45-22-20-44(21-23-45)27-36-72-5/h10,16-17,20-25,42-43,49-52,55-57,68,71H,6-9,12-15,18-19,26-27,29-41H2,1-5H3,(H,69,70). The average molecular weight is 987 g/mol. The Labute approximate surface area is 436 Å². The van der Waals surface area contributed by atoms with Gasteiger partial charge in [-0.2, -0.15) is 0 Å². The molecule has 6 heteroatoms. The smallest absolute Gasteiger partial charge is 0.309 e. The molecule has 10 aliphatic carbocycles. The molecular weight excluding hydrogens is 901 g/mol. The maximum atomic E-state index is 14.5. The highest BCUT2D eigenvalue weighted by Gasteiger charge is 2.90. The van der Waals surface area contributed by atoms with Crippen molar-refractivity contribution in [2.24, 2.45) is 73.4 Å². The van der Waals surface area contributed by atoms with Crippen molar-refractivity contribution in [1.29, 1.82) is 0 Å². The van der Waals surface area contributed by atoms with Crippen molar-refractivity contribution in [3.05, 3.63) is 82.4 Å². The van der Waals surface area contributed by atoms with Crippen LogP contribution in [0.3, 0.4) is 0 Å². The molecule has 3 aromatic carbocycles. The molecule has 5 spiro atoms. The van der Waals surface area contributed by atoms with E-state index in [9.17, 15) is 20.1 Å². The summed E-state index contributed by atoms with van der Waals surface area (Å²) in [6.07, 6.45) is 24.0. The highest BCUT2D eigenvalue weighted by atomic mass is 16.6. The number of carboxylic acid groups (broad SMARTS) is 1. The molecular formula is C67H86O6. The van der Waals surface area contributed by atoms with Gasteiger partial charge in [-0.3, -0.25) is 4.79 Å². The van der Waals surface area contributed by atoms with Gasteiger partial charge in [0.15, 0.2) is 5.79 Å². The summed E-state index contributed by atoms with van der Waals surface area (Å²) >= 11 is 0. The minimum Gasteiger partial charge on any atom is -0.481 e. The van der Waals surface area contributed by atoms with E-state index in [1.54, 1.807) is 12.7 Å². The summed E-state index contributed by atoms with van der Waals surface area (Å²) in [7, 11) is 1.77. The van der Waals surface area contributed by atoms with Crippen LogP contribution < -0.4 is 0 Å². The van der Waals surface area contributed by atoms with Crippen LogP contribution >= 0.6 is 0 Å². The molecule has 3 aromatic rings.